The molecule has 0 fully saturated rings. The lowest BCUT2D eigenvalue weighted by molar-refractivity contribution is 0.169. The molecule has 0 heterocycles. The van der Waals surface area contributed by atoms with Crippen LogP contribution >= 0.6 is 45.2 Å². The molecule has 2 unspecified atom stereocenters. The summed E-state index contributed by atoms with van der Waals surface area (Å²) in [6, 6.07) is 0. The first kappa shape index (κ1) is 11.4. The van der Waals surface area contributed by atoms with Gasteiger partial charge < -0.3 is 5.11 Å². The molecule has 0 aromatic heterocycles. The minimum atomic E-state index is -0.0857. The summed E-state index contributed by atoms with van der Waals surface area (Å²) in [7, 11) is 0. The molecule has 0 aromatic rings. The molecule has 1 nitrogen and oxygen atoms in total. The number of hydrogen-bond donors (Lipinski definition) is 1. The summed E-state index contributed by atoms with van der Waals surface area (Å²) >= 11 is 4.63. The average Bonchev–Trinajstić information content (AvgIpc) is 1.98. The highest BCUT2D eigenvalue weighted by Gasteiger charge is 2.12. The van der Waals surface area contributed by atoms with Gasteiger partial charge in [-0.3, -0.25) is 0 Å². The van der Waals surface area contributed by atoms with E-state index in [9.17, 15) is 5.11 Å². The molecule has 0 aliphatic rings. The van der Waals surface area contributed by atoms with Crippen LogP contribution in [0, 0.1) is 0 Å². The van der Waals surface area contributed by atoms with E-state index in [-0.39, 0.29) is 6.10 Å². The summed E-state index contributed by atoms with van der Waals surface area (Å²) < 4.78 is 1.48. The van der Waals surface area contributed by atoms with Gasteiger partial charge in [-0.2, -0.15) is 0 Å². The molecule has 0 bridgehead atoms. The van der Waals surface area contributed by atoms with Crippen molar-refractivity contribution in [3.63, 3.8) is 0 Å². The highest BCUT2D eigenvalue weighted by molar-refractivity contribution is 14.1. The zero-order chi connectivity index (χ0) is 7.98. The van der Waals surface area contributed by atoms with Crippen molar-refractivity contribution in [2.45, 2.75) is 36.2 Å². The number of rotatable bonds is 5. The van der Waals surface area contributed by atoms with Crippen molar-refractivity contribution in [1.29, 1.82) is 0 Å². The predicted octanol–water partition coefficient (Wildman–Crippen LogP) is 2.78. The molecule has 3 heteroatoms. The molecule has 0 rings (SSSR count). The van der Waals surface area contributed by atoms with E-state index in [0.29, 0.717) is 3.92 Å². The van der Waals surface area contributed by atoms with E-state index >= 15 is 0 Å². The predicted molar refractivity (Wildman–Crippen MR) is 62.2 cm³/mol. The lowest BCUT2D eigenvalue weighted by Gasteiger charge is -2.13. The van der Waals surface area contributed by atoms with Crippen LogP contribution in [-0.4, -0.2) is 19.6 Å². The second-order valence-corrected chi connectivity index (χ2v) is 4.86. The smallest absolute Gasteiger partial charge is 0.0665 e. The summed E-state index contributed by atoms with van der Waals surface area (Å²) in [4.78, 5) is 0. The molecule has 62 valence electrons. The Morgan fingerprint density at radius 2 is 2.10 bits per heavy atom. The summed E-state index contributed by atoms with van der Waals surface area (Å²) in [5.74, 6) is 0. The largest absolute Gasteiger partial charge is 0.392 e. The molecule has 0 spiro atoms. The van der Waals surface area contributed by atoms with Crippen molar-refractivity contribution < 1.29 is 5.11 Å². The van der Waals surface area contributed by atoms with Crippen LogP contribution in [0.1, 0.15) is 26.2 Å². The Morgan fingerprint density at radius 1 is 1.50 bits per heavy atom. The van der Waals surface area contributed by atoms with Crippen LogP contribution in [0.2, 0.25) is 0 Å². The number of unbranched alkanes of at least 4 members (excludes halogenated alkanes) is 1. The van der Waals surface area contributed by atoms with Crippen molar-refractivity contribution in [3.05, 3.63) is 0 Å². The van der Waals surface area contributed by atoms with Crippen molar-refractivity contribution in [2.75, 3.05) is 4.43 Å². The van der Waals surface area contributed by atoms with Crippen LogP contribution in [0.4, 0.5) is 0 Å². The van der Waals surface area contributed by atoms with Crippen LogP contribution in [0.25, 0.3) is 0 Å². The highest BCUT2D eigenvalue weighted by atomic mass is 127. The molecule has 2 atom stereocenters. The monoisotopic (exact) mass is 368 g/mol. The van der Waals surface area contributed by atoms with Crippen LogP contribution in [-0.2, 0) is 0 Å². The van der Waals surface area contributed by atoms with Crippen molar-refractivity contribution in [1.82, 2.24) is 0 Å². The summed E-state index contributed by atoms with van der Waals surface area (Å²) in [6.07, 6.45) is 3.21. The van der Waals surface area contributed by atoms with E-state index in [0.717, 1.165) is 17.3 Å². The summed E-state index contributed by atoms with van der Waals surface area (Å²) in [6.45, 7) is 2.15. The fourth-order valence-electron chi connectivity index (χ4n) is 0.697. The standard InChI is InChI=1S/C7H14I2O/c1-2-3-4-7(10)6(9)5-8/h6-7,10H,2-5H2,1H3. The second kappa shape index (κ2) is 7.09. The third-order valence-corrected chi connectivity index (χ3v) is 5.32. The van der Waals surface area contributed by atoms with E-state index in [1.54, 1.807) is 0 Å². The molecule has 0 amide bonds. The molecule has 1 N–H and O–H groups in total. The Balaban J connectivity index is 3.31. The van der Waals surface area contributed by atoms with Gasteiger partial charge in [0.15, 0.2) is 0 Å². The lowest BCUT2D eigenvalue weighted by Crippen LogP contribution is -2.20. The Morgan fingerprint density at radius 3 is 2.50 bits per heavy atom. The maximum absolute atomic E-state index is 9.44. The maximum Gasteiger partial charge on any atom is 0.0665 e. The van der Waals surface area contributed by atoms with Gasteiger partial charge >= 0.3 is 0 Å². The van der Waals surface area contributed by atoms with Crippen molar-refractivity contribution >= 4 is 45.2 Å². The van der Waals surface area contributed by atoms with E-state index in [1.165, 1.54) is 6.42 Å². The van der Waals surface area contributed by atoms with E-state index < -0.39 is 0 Å². The van der Waals surface area contributed by atoms with Crippen LogP contribution in [0.5, 0.6) is 0 Å². The first-order valence-corrected chi connectivity index (χ1v) is 6.37. The summed E-state index contributed by atoms with van der Waals surface area (Å²) in [5.41, 5.74) is 0. The Kier molecular flexibility index (Phi) is 8.10. The zero-order valence-corrected chi connectivity index (χ0v) is 10.5. The van der Waals surface area contributed by atoms with Crippen molar-refractivity contribution in [2.24, 2.45) is 0 Å². The molecule has 10 heavy (non-hydrogen) atoms. The maximum atomic E-state index is 9.44. The fourth-order valence-corrected chi connectivity index (χ4v) is 1.64. The van der Waals surface area contributed by atoms with E-state index in [4.69, 9.17) is 0 Å². The highest BCUT2D eigenvalue weighted by Crippen LogP contribution is 2.14. The van der Waals surface area contributed by atoms with Gasteiger partial charge in [0.2, 0.25) is 0 Å². The Hall–Kier alpha value is 1.42. The Labute approximate surface area is 90.2 Å². The summed E-state index contributed by atoms with van der Waals surface area (Å²) in [5, 5.41) is 9.44. The normalized spacial score (nSPS) is 16.8. The van der Waals surface area contributed by atoms with Gasteiger partial charge in [0.25, 0.3) is 0 Å². The SMILES string of the molecule is CCCCC(O)C(I)CI. The zero-order valence-electron chi connectivity index (χ0n) is 6.19. The molecule has 0 saturated heterocycles. The van der Waals surface area contributed by atoms with Crippen molar-refractivity contribution in [3.8, 4) is 0 Å². The van der Waals surface area contributed by atoms with Gasteiger partial charge in [-0.15, -0.1) is 0 Å². The number of halogens is 2. The first-order chi connectivity index (χ1) is 4.72. The number of aliphatic hydroxyl groups is 1. The minimum Gasteiger partial charge on any atom is -0.392 e. The van der Waals surface area contributed by atoms with Gasteiger partial charge in [-0.1, -0.05) is 64.9 Å². The lowest BCUT2D eigenvalue weighted by atomic mass is 10.1. The molecule has 0 aliphatic heterocycles. The number of hydrogen-bond acceptors (Lipinski definition) is 1. The molecule has 0 saturated carbocycles. The van der Waals surface area contributed by atoms with Gasteiger partial charge in [0.1, 0.15) is 0 Å². The quantitative estimate of drug-likeness (QED) is 0.585. The van der Waals surface area contributed by atoms with Gasteiger partial charge in [0, 0.05) is 8.35 Å². The molecule has 0 aromatic carbocycles. The van der Waals surface area contributed by atoms with Crippen LogP contribution in [0.3, 0.4) is 0 Å². The first-order valence-electron chi connectivity index (χ1n) is 3.60. The van der Waals surface area contributed by atoms with E-state index in [1.807, 2.05) is 0 Å². The van der Waals surface area contributed by atoms with Gasteiger partial charge in [-0.05, 0) is 6.42 Å². The fraction of sp³-hybridized carbons (Fsp3) is 1.00. The molecular weight excluding hydrogens is 354 g/mol. The third kappa shape index (κ3) is 5.12. The second-order valence-electron chi connectivity index (χ2n) is 2.38. The molecule has 0 aliphatic carbocycles. The Bertz CT molecular complexity index is 78.0. The van der Waals surface area contributed by atoms with E-state index in [2.05, 4.69) is 52.1 Å². The molecule has 0 radical (unpaired) electrons. The average molecular weight is 368 g/mol. The van der Waals surface area contributed by atoms with Gasteiger partial charge in [0.05, 0.1) is 6.10 Å². The van der Waals surface area contributed by atoms with Crippen LogP contribution < -0.4 is 0 Å². The van der Waals surface area contributed by atoms with Gasteiger partial charge in [-0.25, -0.2) is 0 Å². The topological polar surface area (TPSA) is 20.2 Å². The molecular formula is C7H14I2O. The third-order valence-electron chi connectivity index (χ3n) is 1.42. The number of aliphatic hydroxyl groups excluding tert-OH is 1. The number of alkyl halides is 2. The van der Waals surface area contributed by atoms with Crippen LogP contribution in [0.15, 0.2) is 0 Å². The minimum absolute atomic E-state index is 0.0857.